The molecular weight excluding hydrogens is 388 g/mol. The second-order valence-corrected chi connectivity index (χ2v) is 7.63. The number of nitrogens with one attached hydrogen (secondary N) is 1. The molecule has 6 heteroatoms. The lowest BCUT2D eigenvalue weighted by atomic mass is 9.95. The molecule has 31 heavy (non-hydrogen) atoms. The molecule has 0 aliphatic heterocycles. The van der Waals surface area contributed by atoms with Crippen molar-refractivity contribution in [2.45, 2.75) is 18.4 Å². The van der Waals surface area contributed by atoms with E-state index in [9.17, 15) is 9.59 Å². The first-order valence-corrected chi connectivity index (χ1v) is 10.1. The van der Waals surface area contributed by atoms with Gasteiger partial charge < -0.3 is 11.1 Å². The number of fused-ring (bicyclic) bond motifs is 4. The van der Waals surface area contributed by atoms with Gasteiger partial charge in [-0.3, -0.25) is 14.6 Å². The zero-order valence-electron chi connectivity index (χ0n) is 16.7. The van der Waals surface area contributed by atoms with Gasteiger partial charge in [-0.1, -0.05) is 60.7 Å². The van der Waals surface area contributed by atoms with Crippen molar-refractivity contribution in [1.29, 1.82) is 0 Å². The van der Waals surface area contributed by atoms with Gasteiger partial charge in [-0.05, 0) is 34.4 Å². The minimum Gasteiger partial charge on any atom is -0.368 e. The summed E-state index contributed by atoms with van der Waals surface area (Å²) in [6.07, 6.45) is 1.79. The predicted octanol–water partition coefficient (Wildman–Crippen LogP) is 2.95. The topological polar surface area (TPSA) is 98.0 Å². The number of carbonyl (C=O) groups excluding carboxylic acids is 2. The second-order valence-electron chi connectivity index (χ2n) is 7.63. The van der Waals surface area contributed by atoms with Crippen molar-refractivity contribution in [3.63, 3.8) is 0 Å². The Morgan fingerprint density at radius 3 is 2.10 bits per heavy atom. The fraction of sp³-hybridized carbons (Fsp3) is 0.120. The molecular formula is C25H20N4O2. The third-order valence-corrected chi connectivity index (χ3v) is 5.67. The van der Waals surface area contributed by atoms with Crippen molar-refractivity contribution in [1.82, 2.24) is 15.3 Å². The van der Waals surface area contributed by atoms with Crippen LogP contribution in [0.4, 0.5) is 0 Å². The Morgan fingerprint density at radius 2 is 1.45 bits per heavy atom. The zero-order chi connectivity index (χ0) is 21.4. The first-order chi connectivity index (χ1) is 15.1. The summed E-state index contributed by atoms with van der Waals surface area (Å²) in [5, 5.41) is 2.86. The smallest absolute Gasteiger partial charge is 0.240 e. The lowest BCUT2D eigenvalue weighted by Gasteiger charge is -2.19. The fourth-order valence-corrected chi connectivity index (χ4v) is 4.22. The number of hydrogen-bond acceptors (Lipinski definition) is 4. The Bertz CT molecular complexity index is 1270. The van der Waals surface area contributed by atoms with E-state index < -0.39 is 17.9 Å². The van der Waals surface area contributed by atoms with E-state index >= 15 is 0 Å². The van der Waals surface area contributed by atoms with E-state index in [0.717, 1.165) is 33.3 Å². The lowest BCUT2D eigenvalue weighted by molar-refractivity contribution is -0.127. The standard InChI is InChI=1S/C25H20N4O2/c26-24(30)22(13-15-14-27-20-11-5-6-12-21(20)28-15)29-25(31)23-18-9-3-1-7-16(18)17-8-2-4-10-19(17)23/h1-12,14,22-23H,13H2,(H2,26,30)(H,29,31)/t22-/m0/s1. The molecule has 1 aliphatic carbocycles. The Morgan fingerprint density at radius 1 is 0.871 bits per heavy atom. The molecule has 0 bridgehead atoms. The average molecular weight is 408 g/mol. The van der Waals surface area contributed by atoms with Crippen molar-refractivity contribution < 1.29 is 9.59 Å². The summed E-state index contributed by atoms with van der Waals surface area (Å²) in [5.41, 5.74) is 11.6. The molecule has 3 N–H and O–H groups in total. The number of amides is 2. The van der Waals surface area contributed by atoms with Crippen LogP contribution in [0.1, 0.15) is 22.7 Å². The normalized spacial score (nSPS) is 13.4. The monoisotopic (exact) mass is 408 g/mol. The van der Waals surface area contributed by atoms with Crippen LogP contribution in [0.15, 0.2) is 79.0 Å². The van der Waals surface area contributed by atoms with Gasteiger partial charge in [0.25, 0.3) is 0 Å². The molecule has 1 atom stereocenters. The average Bonchev–Trinajstić information content (AvgIpc) is 3.13. The molecule has 152 valence electrons. The van der Waals surface area contributed by atoms with Crippen LogP contribution in [-0.2, 0) is 16.0 Å². The van der Waals surface area contributed by atoms with Crippen LogP contribution in [0.25, 0.3) is 22.2 Å². The molecule has 0 unspecified atom stereocenters. The van der Waals surface area contributed by atoms with Gasteiger partial charge in [0.15, 0.2) is 0 Å². The first-order valence-electron chi connectivity index (χ1n) is 10.1. The van der Waals surface area contributed by atoms with Gasteiger partial charge in [0.2, 0.25) is 11.8 Å². The van der Waals surface area contributed by atoms with E-state index in [2.05, 4.69) is 15.3 Å². The van der Waals surface area contributed by atoms with Gasteiger partial charge in [-0.2, -0.15) is 0 Å². The van der Waals surface area contributed by atoms with E-state index in [0.29, 0.717) is 5.69 Å². The highest BCUT2D eigenvalue weighted by Crippen LogP contribution is 2.44. The Kier molecular flexibility index (Phi) is 4.67. The molecule has 5 rings (SSSR count). The molecule has 6 nitrogen and oxygen atoms in total. The highest BCUT2D eigenvalue weighted by molar-refractivity contribution is 5.98. The van der Waals surface area contributed by atoms with Crippen molar-refractivity contribution in [2.24, 2.45) is 5.73 Å². The van der Waals surface area contributed by atoms with Gasteiger partial charge in [-0.15, -0.1) is 0 Å². The number of hydrogen-bond donors (Lipinski definition) is 2. The third-order valence-electron chi connectivity index (χ3n) is 5.67. The van der Waals surface area contributed by atoms with Gasteiger partial charge in [0.05, 0.1) is 22.6 Å². The molecule has 1 heterocycles. The van der Waals surface area contributed by atoms with Crippen LogP contribution in [0.2, 0.25) is 0 Å². The second kappa shape index (κ2) is 7.65. The van der Waals surface area contributed by atoms with Crippen LogP contribution in [0.3, 0.4) is 0 Å². The molecule has 0 radical (unpaired) electrons. The van der Waals surface area contributed by atoms with Crippen molar-refractivity contribution in [3.8, 4) is 11.1 Å². The van der Waals surface area contributed by atoms with Crippen LogP contribution in [-0.4, -0.2) is 27.8 Å². The van der Waals surface area contributed by atoms with Gasteiger partial charge in [0, 0.05) is 12.6 Å². The van der Waals surface area contributed by atoms with Gasteiger partial charge >= 0.3 is 0 Å². The molecule has 0 saturated heterocycles. The highest BCUT2D eigenvalue weighted by Gasteiger charge is 2.35. The van der Waals surface area contributed by atoms with E-state index in [1.807, 2.05) is 72.8 Å². The number of benzene rings is 3. The van der Waals surface area contributed by atoms with E-state index in [4.69, 9.17) is 5.73 Å². The molecule has 4 aromatic rings. The van der Waals surface area contributed by atoms with Crippen LogP contribution in [0, 0.1) is 0 Å². The number of para-hydroxylation sites is 2. The summed E-state index contributed by atoms with van der Waals surface area (Å²) in [7, 11) is 0. The zero-order valence-corrected chi connectivity index (χ0v) is 16.7. The maximum atomic E-state index is 13.3. The third kappa shape index (κ3) is 3.42. The number of nitrogens with two attached hydrogens (primary N) is 1. The first kappa shape index (κ1) is 18.9. The molecule has 1 aromatic heterocycles. The lowest BCUT2D eigenvalue weighted by Crippen LogP contribution is -2.47. The summed E-state index contributed by atoms with van der Waals surface area (Å²) < 4.78 is 0. The molecule has 0 fully saturated rings. The maximum Gasteiger partial charge on any atom is 0.240 e. The van der Waals surface area contributed by atoms with Crippen molar-refractivity contribution in [2.75, 3.05) is 0 Å². The van der Waals surface area contributed by atoms with Crippen LogP contribution in [0.5, 0.6) is 0 Å². The van der Waals surface area contributed by atoms with Crippen LogP contribution < -0.4 is 11.1 Å². The maximum absolute atomic E-state index is 13.3. The van der Waals surface area contributed by atoms with E-state index in [-0.39, 0.29) is 12.3 Å². The summed E-state index contributed by atoms with van der Waals surface area (Å²) in [5.74, 6) is -1.35. The SMILES string of the molecule is NC(=O)[C@H](Cc1cnc2ccccc2n1)NC(=O)C1c2ccccc2-c2ccccc21. The summed E-state index contributed by atoms with van der Waals surface area (Å²) >= 11 is 0. The summed E-state index contributed by atoms with van der Waals surface area (Å²) in [4.78, 5) is 34.4. The number of nitrogens with zero attached hydrogens (tertiary/aromatic N) is 2. The highest BCUT2D eigenvalue weighted by atomic mass is 16.2. The molecule has 0 spiro atoms. The fourth-order valence-electron chi connectivity index (χ4n) is 4.22. The number of primary amides is 1. The molecule has 0 saturated carbocycles. The van der Waals surface area contributed by atoms with Crippen molar-refractivity contribution in [3.05, 3.63) is 95.8 Å². The van der Waals surface area contributed by atoms with Crippen LogP contribution >= 0.6 is 0 Å². The Labute approximate surface area is 179 Å². The molecule has 3 aromatic carbocycles. The minimum atomic E-state index is -0.886. The van der Waals surface area contributed by atoms with Gasteiger partial charge in [-0.25, -0.2) is 4.98 Å². The summed E-state index contributed by atoms with van der Waals surface area (Å²) in [6.45, 7) is 0. The Balaban J connectivity index is 1.43. The van der Waals surface area contributed by atoms with Gasteiger partial charge in [0.1, 0.15) is 6.04 Å². The number of aromatic nitrogens is 2. The van der Waals surface area contributed by atoms with E-state index in [1.165, 1.54) is 0 Å². The molecule has 2 amide bonds. The number of rotatable bonds is 5. The van der Waals surface area contributed by atoms with E-state index in [1.54, 1.807) is 6.20 Å². The molecule has 1 aliphatic rings. The summed E-state index contributed by atoms with van der Waals surface area (Å²) in [6, 6.07) is 22.3. The Hall–Kier alpha value is -4.06. The quantitative estimate of drug-likeness (QED) is 0.530. The minimum absolute atomic E-state index is 0.176. The number of carbonyl (C=O) groups is 2. The largest absolute Gasteiger partial charge is 0.368 e. The van der Waals surface area contributed by atoms with Crippen molar-refractivity contribution >= 4 is 22.8 Å². The predicted molar refractivity (Wildman–Crippen MR) is 118 cm³/mol.